The third-order valence-electron chi connectivity index (χ3n) is 5.17. The van der Waals surface area contributed by atoms with Crippen molar-refractivity contribution in [2.24, 2.45) is 5.92 Å². The van der Waals surface area contributed by atoms with Crippen LogP contribution in [0.3, 0.4) is 0 Å². The summed E-state index contributed by atoms with van der Waals surface area (Å²) in [5, 5.41) is 4.83. The van der Waals surface area contributed by atoms with Crippen molar-refractivity contribution in [2.45, 2.75) is 52.6 Å². The molecule has 1 aromatic carbocycles. The summed E-state index contributed by atoms with van der Waals surface area (Å²) >= 11 is 0. The summed E-state index contributed by atoms with van der Waals surface area (Å²) in [5.74, 6) is 1.78. The number of aryl methyl sites for hydroxylation is 1. The Balaban J connectivity index is 1.61. The Hall–Kier alpha value is -1.81. The summed E-state index contributed by atoms with van der Waals surface area (Å²) in [5.41, 5.74) is 2.20. The maximum atomic E-state index is 11.9. The van der Waals surface area contributed by atoms with Crippen molar-refractivity contribution in [1.82, 2.24) is 10.2 Å². The highest BCUT2D eigenvalue weighted by Gasteiger charge is 2.29. The maximum absolute atomic E-state index is 11.9. The van der Waals surface area contributed by atoms with Crippen LogP contribution >= 0.6 is 0 Å². The lowest BCUT2D eigenvalue weighted by Gasteiger charge is -2.38. The van der Waals surface area contributed by atoms with Crippen molar-refractivity contribution in [1.29, 1.82) is 0 Å². The quantitative estimate of drug-likeness (QED) is 0.906. The van der Waals surface area contributed by atoms with E-state index in [1.807, 2.05) is 17.9 Å². The lowest BCUT2D eigenvalue weighted by Crippen LogP contribution is -2.50. The predicted molar refractivity (Wildman–Crippen MR) is 96.8 cm³/mol. The average molecular weight is 328 g/mol. The van der Waals surface area contributed by atoms with E-state index in [0.29, 0.717) is 18.4 Å². The van der Waals surface area contributed by atoms with Gasteiger partial charge in [0, 0.05) is 30.9 Å². The lowest BCUT2D eigenvalue weighted by molar-refractivity contribution is -0.133. The fourth-order valence-electron chi connectivity index (χ4n) is 3.70. The van der Waals surface area contributed by atoms with Crippen molar-refractivity contribution in [3.05, 3.63) is 35.6 Å². The summed E-state index contributed by atoms with van der Waals surface area (Å²) in [7, 11) is 0. The second-order valence-electron chi connectivity index (χ2n) is 6.89. The molecule has 2 atom stereocenters. The van der Waals surface area contributed by atoms with E-state index in [1.54, 1.807) is 0 Å². The van der Waals surface area contributed by atoms with Crippen LogP contribution in [0.15, 0.2) is 28.7 Å². The van der Waals surface area contributed by atoms with Crippen LogP contribution in [0.1, 0.15) is 44.4 Å². The van der Waals surface area contributed by atoms with Crippen LogP contribution in [0.4, 0.5) is 0 Å². The molecule has 3 rings (SSSR count). The van der Waals surface area contributed by atoms with Crippen LogP contribution in [0.25, 0.3) is 11.0 Å². The van der Waals surface area contributed by atoms with Crippen LogP contribution in [0, 0.1) is 12.8 Å². The van der Waals surface area contributed by atoms with E-state index in [1.165, 1.54) is 10.9 Å². The highest BCUT2D eigenvalue weighted by molar-refractivity contribution is 5.78. The smallest absolute Gasteiger partial charge is 0.222 e. The number of nitrogens with zero attached hydrogens (tertiary/aromatic N) is 1. The topological polar surface area (TPSA) is 45.5 Å². The van der Waals surface area contributed by atoms with E-state index in [4.69, 9.17) is 4.42 Å². The van der Waals surface area contributed by atoms with E-state index in [2.05, 4.69) is 37.4 Å². The molecule has 24 heavy (non-hydrogen) atoms. The molecule has 2 aromatic rings. The minimum atomic E-state index is 0.277. The molecule has 1 aliphatic heterocycles. The van der Waals surface area contributed by atoms with Crippen molar-refractivity contribution >= 4 is 16.9 Å². The molecule has 2 heterocycles. The molecule has 0 bridgehead atoms. The first kappa shape index (κ1) is 17.0. The largest absolute Gasteiger partial charge is 0.460 e. The summed E-state index contributed by atoms with van der Waals surface area (Å²) in [4.78, 5) is 14.0. The van der Waals surface area contributed by atoms with E-state index in [-0.39, 0.29) is 5.91 Å². The van der Waals surface area contributed by atoms with Gasteiger partial charge in [-0.15, -0.1) is 0 Å². The van der Waals surface area contributed by atoms with Crippen molar-refractivity contribution in [2.75, 3.05) is 13.1 Å². The highest BCUT2D eigenvalue weighted by atomic mass is 16.3. The van der Waals surface area contributed by atoms with Gasteiger partial charge in [-0.1, -0.05) is 31.9 Å². The Morgan fingerprint density at radius 3 is 2.92 bits per heavy atom. The number of fused-ring (bicyclic) bond motifs is 1. The zero-order valence-corrected chi connectivity index (χ0v) is 15.0. The van der Waals surface area contributed by atoms with E-state index in [9.17, 15) is 4.79 Å². The van der Waals surface area contributed by atoms with Crippen molar-refractivity contribution < 1.29 is 9.21 Å². The van der Waals surface area contributed by atoms with Crippen LogP contribution in [-0.2, 0) is 11.3 Å². The molecule has 1 saturated heterocycles. The molecule has 0 aliphatic carbocycles. The van der Waals surface area contributed by atoms with Crippen LogP contribution in [0.2, 0.25) is 0 Å². The maximum Gasteiger partial charge on any atom is 0.222 e. The number of hydrogen-bond acceptors (Lipinski definition) is 3. The van der Waals surface area contributed by atoms with Gasteiger partial charge in [0.15, 0.2) is 0 Å². The number of likely N-dealkylation sites (tertiary alicyclic amines) is 1. The molecular formula is C20H28N2O2. The number of piperidine rings is 1. The number of hydrogen-bond donors (Lipinski definition) is 1. The summed E-state index contributed by atoms with van der Waals surface area (Å²) in [6.07, 6.45) is 2.71. The Morgan fingerprint density at radius 1 is 1.33 bits per heavy atom. The molecule has 0 unspecified atom stereocenters. The normalized spacial score (nSPS) is 21.4. The number of nitrogens with one attached hydrogen (secondary N) is 1. The van der Waals surface area contributed by atoms with E-state index in [0.717, 1.165) is 43.8 Å². The van der Waals surface area contributed by atoms with Gasteiger partial charge in [0.05, 0.1) is 6.54 Å². The lowest BCUT2D eigenvalue weighted by atomic mass is 9.89. The Kier molecular flexibility index (Phi) is 5.24. The second-order valence-corrected chi connectivity index (χ2v) is 6.89. The summed E-state index contributed by atoms with van der Waals surface area (Å²) in [6, 6.07) is 8.86. The van der Waals surface area contributed by atoms with Gasteiger partial charge in [0.1, 0.15) is 11.3 Å². The summed E-state index contributed by atoms with van der Waals surface area (Å²) in [6.45, 7) is 8.73. The minimum Gasteiger partial charge on any atom is -0.460 e. The van der Waals surface area contributed by atoms with E-state index >= 15 is 0 Å². The predicted octanol–water partition coefficient (Wildman–Crippen LogP) is 3.87. The van der Waals surface area contributed by atoms with Gasteiger partial charge in [0.25, 0.3) is 0 Å². The zero-order valence-electron chi connectivity index (χ0n) is 15.0. The molecule has 0 saturated carbocycles. The van der Waals surface area contributed by atoms with Crippen LogP contribution in [-0.4, -0.2) is 29.9 Å². The van der Waals surface area contributed by atoms with Crippen molar-refractivity contribution in [3.8, 4) is 0 Å². The molecule has 4 heteroatoms. The first-order valence-electron chi connectivity index (χ1n) is 9.11. The Labute approximate surface area is 144 Å². The standard InChI is InChI=1S/C20H28N2O2/c1-4-15-13-22(20(23)5-2)9-8-18(15)21-12-17-11-16-10-14(3)6-7-19(16)24-17/h6-7,10-11,15,18,21H,4-5,8-9,12-13H2,1-3H3/t15-,18-/m0/s1. The molecule has 130 valence electrons. The number of rotatable bonds is 5. The molecule has 1 fully saturated rings. The van der Waals surface area contributed by atoms with Crippen LogP contribution in [0.5, 0.6) is 0 Å². The molecule has 1 amide bonds. The number of furan rings is 1. The first-order valence-corrected chi connectivity index (χ1v) is 9.11. The van der Waals surface area contributed by atoms with Gasteiger partial charge in [-0.25, -0.2) is 0 Å². The van der Waals surface area contributed by atoms with Gasteiger partial charge in [-0.2, -0.15) is 0 Å². The molecule has 1 aromatic heterocycles. The van der Waals surface area contributed by atoms with Gasteiger partial charge in [0.2, 0.25) is 5.91 Å². The highest BCUT2D eigenvalue weighted by Crippen LogP contribution is 2.23. The van der Waals surface area contributed by atoms with Gasteiger partial charge in [-0.05, 0) is 37.5 Å². The average Bonchev–Trinajstić information content (AvgIpc) is 3.01. The van der Waals surface area contributed by atoms with E-state index < -0.39 is 0 Å². The van der Waals surface area contributed by atoms with Crippen LogP contribution < -0.4 is 5.32 Å². The third kappa shape index (κ3) is 3.64. The minimum absolute atomic E-state index is 0.277. The Bertz CT molecular complexity index is 707. The fraction of sp³-hybridized carbons (Fsp3) is 0.550. The SMILES string of the molecule is CCC(=O)N1CC[C@H](NCc2cc3cc(C)ccc3o2)[C@@H](CC)C1. The molecule has 0 radical (unpaired) electrons. The summed E-state index contributed by atoms with van der Waals surface area (Å²) < 4.78 is 5.93. The molecule has 1 aliphatic rings. The molecular weight excluding hydrogens is 300 g/mol. The monoisotopic (exact) mass is 328 g/mol. The number of amides is 1. The number of carbonyl (C=O) groups is 1. The zero-order chi connectivity index (χ0) is 17.1. The Morgan fingerprint density at radius 2 is 2.17 bits per heavy atom. The van der Waals surface area contributed by atoms with Gasteiger partial charge >= 0.3 is 0 Å². The van der Waals surface area contributed by atoms with Crippen molar-refractivity contribution in [3.63, 3.8) is 0 Å². The molecule has 1 N–H and O–H groups in total. The first-order chi connectivity index (χ1) is 11.6. The fourth-order valence-corrected chi connectivity index (χ4v) is 3.70. The van der Waals surface area contributed by atoms with Gasteiger partial charge < -0.3 is 14.6 Å². The number of benzene rings is 1. The molecule has 4 nitrogen and oxygen atoms in total. The van der Waals surface area contributed by atoms with Gasteiger partial charge in [-0.3, -0.25) is 4.79 Å². The second kappa shape index (κ2) is 7.39. The molecule has 0 spiro atoms. The third-order valence-corrected chi connectivity index (χ3v) is 5.17. The number of carbonyl (C=O) groups excluding carboxylic acids is 1.